The lowest BCUT2D eigenvalue weighted by molar-refractivity contribution is 0.592. The Hall–Kier alpha value is -3.87. The first-order chi connectivity index (χ1) is 16.2. The molecule has 3 heteroatoms. The average Bonchev–Trinajstić information content (AvgIpc) is 3.27. The van der Waals surface area contributed by atoms with Crippen LogP contribution in [-0.2, 0) is 4.57 Å². The Morgan fingerprint density at radius 2 is 0.970 bits per heavy atom. The molecule has 0 aliphatic carbocycles. The minimum atomic E-state index is -3.05. The molecule has 6 aromatic rings. The number of rotatable bonds is 4. The minimum Gasteiger partial charge on any atom is -0.456 e. The van der Waals surface area contributed by atoms with Crippen molar-refractivity contribution in [2.75, 3.05) is 0 Å². The Kier molecular flexibility index (Phi) is 4.75. The summed E-state index contributed by atoms with van der Waals surface area (Å²) in [4.78, 5) is 0. The lowest BCUT2D eigenvalue weighted by atomic mass is 10.0. The molecule has 0 bridgehead atoms. The average molecular weight is 444 g/mol. The van der Waals surface area contributed by atoms with Crippen LogP contribution in [0.5, 0.6) is 0 Å². The summed E-state index contributed by atoms with van der Waals surface area (Å²) in [5.41, 5.74) is 3.91. The van der Waals surface area contributed by atoms with E-state index in [4.69, 9.17) is 4.42 Å². The molecule has 33 heavy (non-hydrogen) atoms. The molecule has 1 heterocycles. The smallest absolute Gasteiger partial charge is 0.171 e. The molecule has 2 nitrogen and oxygen atoms in total. The highest BCUT2D eigenvalue weighted by Gasteiger charge is 2.30. The van der Waals surface area contributed by atoms with E-state index in [9.17, 15) is 4.57 Å². The van der Waals surface area contributed by atoms with Crippen LogP contribution in [0.2, 0.25) is 0 Å². The maximum absolute atomic E-state index is 14.8. The molecule has 0 N–H and O–H groups in total. The fraction of sp³-hybridized carbons (Fsp3) is 0. The Balaban J connectivity index is 1.60. The first-order valence-corrected chi connectivity index (χ1v) is 12.7. The molecule has 0 radical (unpaired) electrons. The molecule has 0 fully saturated rings. The number of hydrogen-bond donors (Lipinski definition) is 0. The van der Waals surface area contributed by atoms with Crippen molar-refractivity contribution in [2.45, 2.75) is 0 Å². The van der Waals surface area contributed by atoms with Gasteiger partial charge in [0.25, 0.3) is 0 Å². The lowest BCUT2D eigenvalue weighted by Crippen LogP contribution is -2.24. The molecular formula is C30H21O2P. The quantitative estimate of drug-likeness (QED) is 0.277. The van der Waals surface area contributed by atoms with Crippen molar-refractivity contribution < 1.29 is 8.98 Å². The van der Waals surface area contributed by atoms with Crippen LogP contribution < -0.4 is 15.9 Å². The van der Waals surface area contributed by atoms with Crippen LogP contribution in [0.4, 0.5) is 0 Å². The Labute approximate surface area is 192 Å². The molecule has 0 aliphatic heterocycles. The largest absolute Gasteiger partial charge is 0.456 e. The van der Waals surface area contributed by atoms with Gasteiger partial charge in [0.15, 0.2) is 7.14 Å². The second-order valence-electron chi connectivity index (χ2n) is 8.14. The van der Waals surface area contributed by atoms with Crippen LogP contribution in [0, 0.1) is 0 Å². The van der Waals surface area contributed by atoms with E-state index in [2.05, 4.69) is 30.3 Å². The van der Waals surface area contributed by atoms with E-state index in [0.717, 1.165) is 49.0 Å². The zero-order valence-corrected chi connectivity index (χ0v) is 18.8. The van der Waals surface area contributed by atoms with Gasteiger partial charge in [0.05, 0.1) is 0 Å². The molecule has 0 saturated carbocycles. The van der Waals surface area contributed by atoms with E-state index in [1.54, 1.807) is 0 Å². The molecule has 0 spiro atoms. The van der Waals surface area contributed by atoms with Gasteiger partial charge in [0, 0.05) is 26.7 Å². The molecule has 0 aliphatic rings. The second kappa shape index (κ2) is 7.92. The van der Waals surface area contributed by atoms with E-state index in [-0.39, 0.29) is 0 Å². The van der Waals surface area contributed by atoms with Crippen LogP contribution in [0.1, 0.15) is 0 Å². The van der Waals surface area contributed by atoms with E-state index in [0.29, 0.717) is 0 Å². The number of benzene rings is 5. The maximum atomic E-state index is 14.8. The van der Waals surface area contributed by atoms with Gasteiger partial charge in [0.2, 0.25) is 0 Å². The Morgan fingerprint density at radius 3 is 1.58 bits per heavy atom. The van der Waals surface area contributed by atoms with Crippen molar-refractivity contribution in [1.82, 2.24) is 0 Å². The normalized spacial score (nSPS) is 11.8. The molecule has 158 valence electrons. The third-order valence-electron chi connectivity index (χ3n) is 6.16. The Bertz CT molecular complexity index is 1570. The molecule has 0 saturated heterocycles. The van der Waals surface area contributed by atoms with Gasteiger partial charge in [-0.3, -0.25) is 0 Å². The van der Waals surface area contributed by atoms with Gasteiger partial charge in [-0.2, -0.15) is 0 Å². The van der Waals surface area contributed by atoms with Gasteiger partial charge < -0.3 is 8.98 Å². The molecule has 0 unspecified atom stereocenters. The summed E-state index contributed by atoms with van der Waals surface area (Å²) in [5.74, 6) is 0. The molecule has 1 aromatic heterocycles. The first kappa shape index (κ1) is 19.8. The third-order valence-corrected chi connectivity index (χ3v) is 9.22. The number of furan rings is 1. The highest BCUT2D eigenvalue weighted by Crippen LogP contribution is 2.43. The fourth-order valence-electron chi connectivity index (χ4n) is 4.49. The van der Waals surface area contributed by atoms with Gasteiger partial charge in [-0.15, -0.1) is 0 Å². The van der Waals surface area contributed by atoms with Gasteiger partial charge >= 0.3 is 0 Å². The lowest BCUT2D eigenvalue weighted by Gasteiger charge is -2.20. The summed E-state index contributed by atoms with van der Waals surface area (Å²) < 4.78 is 20.9. The van der Waals surface area contributed by atoms with Crippen LogP contribution in [0.3, 0.4) is 0 Å². The van der Waals surface area contributed by atoms with E-state index < -0.39 is 7.14 Å². The summed E-state index contributed by atoms with van der Waals surface area (Å²) in [6, 6.07) is 42.1. The maximum Gasteiger partial charge on any atom is 0.171 e. The van der Waals surface area contributed by atoms with Crippen LogP contribution in [0.25, 0.3) is 33.1 Å². The predicted octanol–water partition coefficient (Wildman–Crippen LogP) is 6.89. The summed E-state index contributed by atoms with van der Waals surface area (Å²) in [6.45, 7) is 0. The van der Waals surface area contributed by atoms with E-state index >= 15 is 0 Å². The fourth-order valence-corrected chi connectivity index (χ4v) is 7.17. The van der Waals surface area contributed by atoms with Crippen LogP contribution >= 0.6 is 7.14 Å². The molecular weight excluding hydrogens is 423 g/mol. The predicted molar refractivity (Wildman–Crippen MR) is 139 cm³/mol. The van der Waals surface area contributed by atoms with Crippen LogP contribution in [-0.4, -0.2) is 0 Å². The first-order valence-electron chi connectivity index (χ1n) is 11.0. The summed E-state index contributed by atoms with van der Waals surface area (Å²) in [7, 11) is -3.05. The van der Waals surface area contributed by atoms with E-state index in [1.165, 1.54) is 0 Å². The highest BCUT2D eigenvalue weighted by atomic mass is 31.2. The molecule has 0 amide bonds. The van der Waals surface area contributed by atoms with Gasteiger partial charge in [-0.05, 0) is 41.5 Å². The van der Waals surface area contributed by atoms with Crippen LogP contribution in [0.15, 0.2) is 132 Å². The minimum absolute atomic E-state index is 0.798. The van der Waals surface area contributed by atoms with Gasteiger partial charge in [0.1, 0.15) is 11.2 Å². The van der Waals surface area contributed by atoms with Crippen molar-refractivity contribution in [3.8, 4) is 11.1 Å². The zero-order chi connectivity index (χ0) is 22.3. The molecule has 5 aromatic carbocycles. The van der Waals surface area contributed by atoms with E-state index in [1.807, 2.05) is 97.1 Å². The zero-order valence-electron chi connectivity index (χ0n) is 17.9. The topological polar surface area (TPSA) is 30.2 Å². The standard InChI is InChI=1S/C30H21O2P/c31-33(24-12-6-2-7-13-24,25-14-8-3-9-15-25)26-17-19-30-28(21-26)27-20-23(16-18-29(27)32-30)22-10-4-1-5-11-22/h1-21H. The van der Waals surface area contributed by atoms with Crippen molar-refractivity contribution in [3.63, 3.8) is 0 Å². The molecule has 0 atom stereocenters. The summed E-state index contributed by atoms with van der Waals surface area (Å²) in [5, 5.41) is 4.47. The molecule has 6 rings (SSSR count). The monoisotopic (exact) mass is 444 g/mol. The van der Waals surface area contributed by atoms with Crippen molar-refractivity contribution >= 4 is 45.0 Å². The van der Waals surface area contributed by atoms with Crippen molar-refractivity contribution in [2.24, 2.45) is 0 Å². The van der Waals surface area contributed by atoms with Gasteiger partial charge in [-0.1, -0.05) is 97.1 Å². The summed E-state index contributed by atoms with van der Waals surface area (Å²) in [6.07, 6.45) is 0. The van der Waals surface area contributed by atoms with Crippen molar-refractivity contribution in [3.05, 3.63) is 127 Å². The van der Waals surface area contributed by atoms with Gasteiger partial charge in [-0.25, -0.2) is 0 Å². The third kappa shape index (κ3) is 3.31. The SMILES string of the molecule is O=P(c1ccccc1)(c1ccccc1)c1ccc2oc3ccc(-c4ccccc4)cc3c2c1. The number of hydrogen-bond acceptors (Lipinski definition) is 2. The second-order valence-corrected chi connectivity index (χ2v) is 10.9. The number of fused-ring (bicyclic) bond motifs is 3. The summed E-state index contributed by atoms with van der Waals surface area (Å²) >= 11 is 0. The highest BCUT2D eigenvalue weighted by molar-refractivity contribution is 7.85. The van der Waals surface area contributed by atoms with Crippen molar-refractivity contribution in [1.29, 1.82) is 0 Å². The Morgan fingerprint density at radius 1 is 0.455 bits per heavy atom.